The molecule has 0 saturated heterocycles. The van der Waals surface area contributed by atoms with Gasteiger partial charge in [-0.3, -0.25) is 19.2 Å². The van der Waals surface area contributed by atoms with Crippen molar-refractivity contribution in [2.45, 2.75) is 147 Å². The fourth-order valence-corrected chi connectivity index (χ4v) is 10.1. The molecule has 1 aromatic rings. The van der Waals surface area contributed by atoms with Crippen LogP contribution in [-0.4, -0.2) is 192 Å². The molecule has 0 bridgehead atoms. The summed E-state index contributed by atoms with van der Waals surface area (Å²) in [6.07, 6.45) is 11.9. The van der Waals surface area contributed by atoms with E-state index in [9.17, 15) is 32.1 Å². The molecule has 1 aromatic carbocycles. The van der Waals surface area contributed by atoms with Crippen molar-refractivity contribution < 1.29 is 114 Å². The van der Waals surface area contributed by atoms with Crippen LogP contribution in [-0.2, 0) is 82.4 Å². The summed E-state index contributed by atoms with van der Waals surface area (Å²) in [7, 11) is -3.11. The molecule has 0 heterocycles. The fourth-order valence-electron chi connectivity index (χ4n) is 7.97. The van der Waals surface area contributed by atoms with E-state index in [0.717, 1.165) is 37.5 Å². The summed E-state index contributed by atoms with van der Waals surface area (Å²) in [6, 6.07) is 6.78. The Morgan fingerprint density at radius 2 is 1.04 bits per heavy atom. The number of unbranched alkanes of at least 4 members (excludes halogenated alkanes) is 9. The summed E-state index contributed by atoms with van der Waals surface area (Å²) in [5.74, 6) is -4.43. The molecule has 456 valence electrons. The van der Waals surface area contributed by atoms with Gasteiger partial charge in [-0.1, -0.05) is 95.9 Å². The minimum Gasteiger partial charge on any atom is -0.748 e. The molecule has 0 fully saturated rings. The van der Waals surface area contributed by atoms with Crippen molar-refractivity contribution in [1.29, 1.82) is 0 Å². The van der Waals surface area contributed by atoms with Crippen LogP contribution in [0.4, 0.5) is 0 Å². The topological polar surface area (TPSA) is 243 Å². The van der Waals surface area contributed by atoms with Crippen LogP contribution in [0, 0.1) is 18.4 Å². The first-order chi connectivity index (χ1) is 38.0. The quantitative estimate of drug-likeness (QED) is 0.0229. The molecular weight excluding hydrogens is 1090 g/mol. The van der Waals surface area contributed by atoms with Gasteiger partial charge in [0.05, 0.1) is 152 Å². The third kappa shape index (κ3) is 43.4. The van der Waals surface area contributed by atoms with E-state index in [1.807, 2.05) is 6.92 Å². The van der Waals surface area contributed by atoms with E-state index in [0.29, 0.717) is 111 Å². The molecule has 1 amide bonds. The van der Waals surface area contributed by atoms with Gasteiger partial charge in [-0.2, -0.15) is 0 Å². The number of hydrogen-bond acceptors (Lipinski definition) is 19. The molecule has 4 atom stereocenters. The van der Waals surface area contributed by atoms with Gasteiger partial charge < -0.3 is 66.8 Å². The normalized spacial score (nSPS) is 13.6. The predicted octanol–water partition coefficient (Wildman–Crippen LogP) is 4.82. The number of amides is 1. The average molecular weight is 1190 g/mol. The number of aldehydes is 1. The Morgan fingerprint density at radius 3 is 1.45 bits per heavy atom. The number of esters is 2. The maximum absolute atomic E-state index is 14.2. The number of methoxy groups -OCH3 is 1. The van der Waals surface area contributed by atoms with Crippen LogP contribution >= 0.6 is 11.8 Å². The zero-order chi connectivity index (χ0) is 58.3. The maximum atomic E-state index is 14.2. The Kier molecular flexibility index (Phi) is 48.6. The Bertz CT molecular complexity index is 1880. The van der Waals surface area contributed by atoms with E-state index in [4.69, 9.17) is 58.7 Å². The van der Waals surface area contributed by atoms with Crippen molar-refractivity contribution in [3.8, 4) is 0 Å². The molecule has 23 heteroatoms. The number of carbonyl (C=O) groups excluding carboxylic acids is 4. The molecule has 0 aliphatic heterocycles. The van der Waals surface area contributed by atoms with Gasteiger partial charge in [0.1, 0.15) is 12.9 Å². The van der Waals surface area contributed by atoms with Crippen molar-refractivity contribution in [3.63, 3.8) is 0 Å². The Labute approximate surface area is 505 Å². The number of carbonyl (C=O) groups is 4. The van der Waals surface area contributed by atoms with E-state index in [1.54, 1.807) is 38.3 Å². The van der Waals surface area contributed by atoms with Crippen molar-refractivity contribution >= 4 is 46.0 Å². The zero-order valence-corrected chi connectivity index (χ0v) is 53.1. The molecule has 1 rings (SSSR count). The van der Waals surface area contributed by atoms with Gasteiger partial charge in [0.15, 0.2) is 0 Å². The smallest absolute Gasteiger partial charge is 0.748 e. The molecule has 4 unspecified atom stereocenters. The van der Waals surface area contributed by atoms with Gasteiger partial charge in [-0.05, 0) is 38.7 Å². The number of ether oxygens (including phenoxy) is 11. The van der Waals surface area contributed by atoms with E-state index >= 15 is 0 Å². The number of nitrogens with zero attached hydrogens (tertiary/aromatic N) is 1. The number of thioether (sulfide) groups is 1. The molecule has 80 heavy (non-hydrogen) atoms. The Morgan fingerprint density at radius 1 is 0.625 bits per heavy atom. The van der Waals surface area contributed by atoms with Gasteiger partial charge in [-0.15, -0.1) is 11.8 Å². The Balaban J connectivity index is 0.0000624. The molecule has 0 aromatic heterocycles. The van der Waals surface area contributed by atoms with Gasteiger partial charge in [0.2, 0.25) is 11.4 Å². The van der Waals surface area contributed by atoms with Crippen LogP contribution in [0.25, 0.3) is 4.85 Å². The van der Waals surface area contributed by atoms with Crippen LogP contribution in [0.5, 0.6) is 0 Å². The third-order valence-corrected chi connectivity index (χ3v) is 14.9. The summed E-state index contributed by atoms with van der Waals surface area (Å²) in [4.78, 5) is 57.6. The average Bonchev–Trinajstić information content (AvgIpc) is 3.41. The van der Waals surface area contributed by atoms with Crippen LogP contribution in [0.1, 0.15) is 140 Å². The summed E-state index contributed by atoms with van der Waals surface area (Å²) in [5.41, 5.74) is -1.19. The second-order valence-corrected chi connectivity index (χ2v) is 22.8. The molecule has 20 nitrogen and oxygen atoms in total. The summed E-state index contributed by atoms with van der Waals surface area (Å²) in [6.45, 7) is 23.6. The van der Waals surface area contributed by atoms with Crippen molar-refractivity contribution in [2.75, 3.05) is 138 Å². The van der Waals surface area contributed by atoms with Crippen molar-refractivity contribution in [3.05, 3.63) is 46.8 Å². The summed E-state index contributed by atoms with van der Waals surface area (Å²) < 4.78 is 96.0. The van der Waals surface area contributed by atoms with Gasteiger partial charge >= 0.3 is 41.5 Å². The Hall–Kier alpha value is -2.31. The first-order valence-corrected chi connectivity index (χ1v) is 30.9. The van der Waals surface area contributed by atoms with Crippen molar-refractivity contribution in [1.82, 2.24) is 5.32 Å². The molecule has 1 N–H and O–H groups in total. The number of nitrogens with one attached hydrogen (secondary N) is 1. The molecule has 0 radical (unpaired) electrons. The second kappa shape index (κ2) is 50.1. The first kappa shape index (κ1) is 77.7. The van der Waals surface area contributed by atoms with E-state index < -0.39 is 61.9 Å². The standard InChI is InChI=1S/C57H98N2O18S2.Na/c1-8-10-11-12-13-14-15-16-17-18-23-76-54(62)50(43-52(53(61)59-56(3,4)47-79(64,65)66)78-46-49-21-19-48(45-60)20-22-49)42-51(44-57(5,9-2)58-6)55(63)77-41-40-75-39-38-74-37-36-73-35-34-72-33-32-71-31-30-70-29-28-69-27-26-68-25-24-67-7;/h19-22,45,50-52H,8-18,23-44,46-47H2,1-5,7H3,(H,59,61)(H,64,65,66);/q;+1/p-1. The second-order valence-electron chi connectivity index (χ2n) is 20.2. The van der Waals surface area contributed by atoms with Crippen LogP contribution in [0.15, 0.2) is 24.3 Å². The monoisotopic (exact) mass is 1180 g/mol. The molecule has 0 aliphatic carbocycles. The van der Waals surface area contributed by atoms with E-state index in [-0.39, 0.29) is 87.6 Å². The SMILES string of the molecule is [C-]#[N+]C(C)(CC)CC(CC(CC(SCc1ccc(C=O)cc1)C(=O)NC(C)(C)CS(=O)(=O)[O-])C(=O)OCCCCCCCCCCCC)C(=O)OCCOCCOCCOCCOCCOCCOCCOCCOCCOC.[Na+]. The summed E-state index contributed by atoms with van der Waals surface area (Å²) in [5, 5.41) is 1.71. The van der Waals surface area contributed by atoms with Crippen molar-refractivity contribution in [2.24, 2.45) is 11.8 Å². The number of rotatable bonds is 55. The van der Waals surface area contributed by atoms with Crippen LogP contribution in [0.2, 0.25) is 0 Å². The number of hydrogen-bond donors (Lipinski definition) is 1. The number of benzene rings is 1. The van der Waals surface area contributed by atoms with E-state index in [1.165, 1.54) is 57.7 Å². The predicted molar refractivity (Wildman–Crippen MR) is 302 cm³/mol. The molecule has 0 spiro atoms. The molecule has 0 saturated carbocycles. The maximum Gasteiger partial charge on any atom is 1.00 e. The minimum atomic E-state index is -4.74. The third-order valence-electron chi connectivity index (χ3n) is 12.6. The largest absolute Gasteiger partial charge is 1.00 e. The molecular formula is C57H97N2NaO18S2. The van der Waals surface area contributed by atoms with Gasteiger partial charge in [0.25, 0.3) is 0 Å². The van der Waals surface area contributed by atoms with E-state index in [2.05, 4.69) is 17.1 Å². The summed E-state index contributed by atoms with van der Waals surface area (Å²) >= 11 is 1.19. The van der Waals surface area contributed by atoms with Gasteiger partial charge in [0, 0.05) is 43.7 Å². The first-order valence-electron chi connectivity index (χ1n) is 28.3. The molecule has 0 aliphatic rings. The van der Waals surface area contributed by atoms with Crippen LogP contribution in [0.3, 0.4) is 0 Å². The minimum absolute atomic E-state index is 0. The van der Waals surface area contributed by atoms with Gasteiger partial charge in [-0.25, -0.2) is 15.0 Å². The van der Waals surface area contributed by atoms with Crippen LogP contribution < -0.4 is 34.9 Å². The fraction of sp³-hybridized carbons (Fsp3) is 0.807. The zero-order valence-electron chi connectivity index (χ0n) is 49.5.